The SMILES string of the molecule is CC[C@H](C)[C@H](C(=O)N1CC[C@H](N(C)Cc2nccc(N)n2)C1)c1ccccc1. The molecular formula is C22H31N5O. The molecule has 0 spiro atoms. The Bertz CT molecular complexity index is 782. The molecule has 3 rings (SSSR count). The predicted molar refractivity (Wildman–Crippen MR) is 112 cm³/mol. The van der Waals surface area contributed by atoms with Crippen molar-refractivity contribution in [2.45, 2.75) is 45.2 Å². The molecule has 1 aromatic carbocycles. The van der Waals surface area contributed by atoms with Crippen LogP contribution in [-0.2, 0) is 11.3 Å². The van der Waals surface area contributed by atoms with Crippen LogP contribution < -0.4 is 5.73 Å². The smallest absolute Gasteiger partial charge is 0.230 e. The van der Waals surface area contributed by atoms with Gasteiger partial charge in [0.25, 0.3) is 0 Å². The maximum Gasteiger partial charge on any atom is 0.230 e. The molecule has 1 aliphatic heterocycles. The van der Waals surface area contributed by atoms with Gasteiger partial charge in [0.05, 0.1) is 12.5 Å². The highest BCUT2D eigenvalue weighted by molar-refractivity contribution is 5.84. The van der Waals surface area contributed by atoms with Crippen LogP contribution in [0, 0.1) is 5.92 Å². The second kappa shape index (κ2) is 9.15. The Labute approximate surface area is 167 Å². The summed E-state index contributed by atoms with van der Waals surface area (Å²) in [5.41, 5.74) is 6.87. The summed E-state index contributed by atoms with van der Waals surface area (Å²) in [6.45, 7) is 6.50. The third-order valence-corrected chi connectivity index (χ3v) is 5.85. The first kappa shape index (κ1) is 20.3. The number of hydrogen-bond donors (Lipinski definition) is 1. The number of likely N-dealkylation sites (tertiary alicyclic amines) is 1. The minimum atomic E-state index is -0.0764. The minimum Gasteiger partial charge on any atom is -0.384 e. The number of nitrogen functional groups attached to an aromatic ring is 1. The number of nitrogens with two attached hydrogens (primary N) is 1. The van der Waals surface area contributed by atoms with E-state index in [1.165, 1.54) is 0 Å². The summed E-state index contributed by atoms with van der Waals surface area (Å²) >= 11 is 0. The van der Waals surface area contributed by atoms with Crippen molar-refractivity contribution in [2.24, 2.45) is 5.92 Å². The van der Waals surface area contributed by atoms with E-state index in [0.29, 0.717) is 30.1 Å². The quantitative estimate of drug-likeness (QED) is 0.798. The molecule has 2 heterocycles. The number of likely N-dealkylation sites (N-methyl/N-ethyl adjacent to an activating group) is 1. The molecule has 1 aromatic heterocycles. The summed E-state index contributed by atoms with van der Waals surface area (Å²) < 4.78 is 0. The van der Waals surface area contributed by atoms with E-state index in [4.69, 9.17) is 5.73 Å². The van der Waals surface area contributed by atoms with Crippen molar-refractivity contribution >= 4 is 11.7 Å². The number of hydrogen-bond acceptors (Lipinski definition) is 5. The van der Waals surface area contributed by atoms with Gasteiger partial charge in [0.2, 0.25) is 5.91 Å². The van der Waals surface area contributed by atoms with E-state index in [1.807, 2.05) is 23.1 Å². The van der Waals surface area contributed by atoms with Crippen molar-refractivity contribution in [1.29, 1.82) is 0 Å². The van der Waals surface area contributed by atoms with Crippen molar-refractivity contribution in [1.82, 2.24) is 19.8 Å². The Kier molecular flexibility index (Phi) is 6.62. The summed E-state index contributed by atoms with van der Waals surface area (Å²) in [4.78, 5) is 26.2. The zero-order chi connectivity index (χ0) is 20.1. The lowest BCUT2D eigenvalue weighted by Crippen LogP contribution is -2.39. The number of amides is 1. The Balaban J connectivity index is 1.66. The standard InChI is InChI=1S/C22H31N5O/c1-4-16(2)21(17-8-6-5-7-9-17)22(28)27-13-11-18(14-27)26(3)15-20-24-12-10-19(23)25-20/h5-10,12,16,18,21H,4,11,13-15H2,1-3H3,(H2,23,24,25)/t16-,18-,21-/m0/s1. The first-order valence-corrected chi connectivity index (χ1v) is 10.1. The van der Waals surface area contributed by atoms with E-state index >= 15 is 0 Å². The first-order chi connectivity index (χ1) is 13.5. The number of carbonyl (C=O) groups is 1. The van der Waals surface area contributed by atoms with Crippen LogP contribution in [0.1, 0.15) is 44.0 Å². The molecule has 6 heteroatoms. The number of aromatic nitrogens is 2. The van der Waals surface area contributed by atoms with Crippen LogP contribution in [0.4, 0.5) is 5.82 Å². The van der Waals surface area contributed by atoms with Crippen LogP contribution in [0.5, 0.6) is 0 Å². The molecule has 1 aliphatic rings. The van der Waals surface area contributed by atoms with Gasteiger partial charge in [-0.2, -0.15) is 0 Å². The normalized spacial score (nSPS) is 19.0. The molecule has 0 unspecified atom stereocenters. The number of benzene rings is 1. The number of carbonyl (C=O) groups excluding carboxylic acids is 1. The average Bonchev–Trinajstić information content (AvgIpc) is 3.19. The maximum atomic E-state index is 13.4. The zero-order valence-corrected chi connectivity index (χ0v) is 17.1. The van der Waals surface area contributed by atoms with Crippen molar-refractivity contribution in [3.8, 4) is 0 Å². The van der Waals surface area contributed by atoms with Gasteiger partial charge in [0.15, 0.2) is 0 Å². The molecule has 0 saturated carbocycles. The lowest BCUT2D eigenvalue weighted by atomic mass is 9.84. The van der Waals surface area contributed by atoms with Crippen LogP contribution in [-0.4, -0.2) is 51.9 Å². The van der Waals surface area contributed by atoms with Crippen molar-refractivity contribution in [3.05, 3.63) is 54.0 Å². The van der Waals surface area contributed by atoms with Gasteiger partial charge in [0.1, 0.15) is 11.6 Å². The lowest BCUT2D eigenvalue weighted by molar-refractivity contribution is -0.133. The van der Waals surface area contributed by atoms with E-state index in [1.54, 1.807) is 12.3 Å². The topological polar surface area (TPSA) is 75.4 Å². The molecule has 28 heavy (non-hydrogen) atoms. The molecule has 150 valence electrons. The molecule has 0 bridgehead atoms. The molecule has 1 saturated heterocycles. The largest absolute Gasteiger partial charge is 0.384 e. The van der Waals surface area contributed by atoms with Gasteiger partial charge >= 0.3 is 0 Å². The molecule has 2 aromatic rings. The fourth-order valence-corrected chi connectivity index (χ4v) is 3.95. The highest BCUT2D eigenvalue weighted by atomic mass is 16.2. The Hall–Kier alpha value is -2.47. The number of nitrogens with zero attached hydrogens (tertiary/aromatic N) is 4. The van der Waals surface area contributed by atoms with E-state index in [2.05, 4.69) is 47.9 Å². The van der Waals surface area contributed by atoms with Crippen LogP contribution in [0.2, 0.25) is 0 Å². The molecule has 1 amide bonds. The molecule has 6 nitrogen and oxygen atoms in total. The molecule has 0 aliphatic carbocycles. The summed E-state index contributed by atoms with van der Waals surface area (Å²) in [6, 6.07) is 12.2. The lowest BCUT2D eigenvalue weighted by Gasteiger charge is -2.29. The first-order valence-electron chi connectivity index (χ1n) is 10.1. The average molecular weight is 382 g/mol. The monoisotopic (exact) mass is 381 g/mol. The molecule has 1 fully saturated rings. The van der Waals surface area contributed by atoms with E-state index < -0.39 is 0 Å². The third kappa shape index (κ3) is 4.68. The Morgan fingerprint density at radius 2 is 2.07 bits per heavy atom. The molecule has 3 atom stereocenters. The fourth-order valence-electron chi connectivity index (χ4n) is 3.95. The molecular weight excluding hydrogens is 350 g/mol. The zero-order valence-electron chi connectivity index (χ0n) is 17.1. The highest BCUT2D eigenvalue weighted by Crippen LogP contribution is 2.31. The van der Waals surface area contributed by atoms with Gasteiger partial charge in [-0.25, -0.2) is 9.97 Å². The van der Waals surface area contributed by atoms with Crippen LogP contribution in [0.3, 0.4) is 0 Å². The second-order valence-electron chi connectivity index (χ2n) is 7.81. The van der Waals surface area contributed by atoms with Crippen LogP contribution in [0.15, 0.2) is 42.6 Å². The Morgan fingerprint density at radius 1 is 1.32 bits per heavy atom. The van der Waals surface area contributed by atoms with Crippen molar-refractivity contribution in [3.63, 3.8) is 0 Å². The van der Waals surface area contributed by atoms with Gasteiger partial charge in [0, 0.05) is 25.3 Å². The van der Waals surface area contributed by atoms with E-state index in [-0.39, 0.29) is 11.8 Å². The van der Waals surface area contributed by atoms with Gasteiger partial charge in [-0.1, -0.05) is 50.6 Å². The number of rotatable bonds is 7. The van der Waals surface area contributed by atoms with Crippen molar-refractivity contribution in [2.75, 3.05) is 25.9 Å². The fraction of sp³-hybridized carbons (Fsp3) is 0.500. The van der Waals surface area contributed by atoms with Gasteiger partial charge in [-0.15, -0.1) is 0 Å². The second-order valence-corrected chi connectivity index (χ2v) is 7.81. The van der Waals surface area contributed by atoms with Gasteiger partial charge < -0.3 is 10.6 Å². The summed E-state index contributed by atoms with van der Waals surface area (Å²) in [5, 5.41) is 0. The predicted octanol–water partition coefficient (Wildman–Crippen LogP) is 2.92. The van der Waals surface area contributed by atoms with Crippen LogP contribution in [0.25, 0.3) is 0 Å². The summed E-state index contributed by atoms with van der Waals surface area (Å²) in [5.74, 6) is 1.69. The summed E-state index contributed by atoms with van der Waals surface area (Å²) in [6.07, 6.45) is 3.63. The van der Waals surface area contributed by atoms with E-state index in [0.717, 1.165) is 31.5 Å². The van der Waals surface area contributed by atoms with Gasteiger partial charge in [-0.05, 0) is 31.0 Å². The maximum absolute atomic E-state index is 13.4. The van der Waals surface area contributed by atoms with Crippen LogP contribution >= 0.6 is 0 Å². The molecule has 0 radical (unpaired) electrons. The van der Waals surface area contributed by atoms with E-state index in [9.17, 15) is 4.79 Å². The minimum absolute atomic E-state index is 0.0764. The third-order valence-electron chi connectivity index (χ3n) is 5.85. The van der Waals surface area contributed by atoms with Gasteiger partial charge in [-0.3, -0.25) is 9.69 Å². The number of anilines is 1. The summed E-state index contributed by atoms with van der Waals surface area (Å²) in [7, 11) is 2.06. The molecule has 2 N–H and O–H groups in total. The van der Waals surface area contributed by atoms with Crippen molar-refractivity contribution < 1.29 is 4.79 Å². The Morgan fingerprint density at radius 3 is 2.75 bits per heavy atom. The highest BCUT2D eigenvalue weighted by Gasteiger charge is 2.35.